The summed E-state index contributed by atoms with van der Waals surface area (Å²) in [5.74, 6) is 0. The van der Waals surface area contributed by atoms with Gasteiger partial charge in [0.15, 0.2) is 0 Å². The van der Waals surface area contributed by atoms with Gasteiger partial charge in [-0.25, -0.2) is 0 Å². The summed E-state index contributed by atoms with van der Waals surface area (Å²) in [4.78, 5) is 0. The van der Waals surface area contributed by atoms with E-state index in [0.717, 1.165) is 6.71 Å². The molecule has 0 N–H and O–H groups in total. The first-order valence-corrected chi connectivity index (χ1v) is 5.37. The zero-order valence-electron chi connectivity index (χ0n) is 12.1. The van der Waals surface area contributed by atoms with Crippen LogP contribution in [0, 0.1) is 0 Å². The molecular formula is C12H27BNa. The van der Waals surface area contributed by atoms with Crippen LogP contribution in [0.3, 0.4) is 0 Å². The molecule has 0 heterocycles. The summed E-state index contributed by atoms with van der Waals surface area (Å²) >= 11 is 0. The average Bonchev–Trinajstić information content (AvgIpc) is 1.44. The molecule has 14 heavy (non-hydrogen) atoms. The Hall–Kier alpha value is 1.06. The molecule has 79 valence electrons. The Balaban J connectivity index is 0. The molecule has 0 aromatic rings. The Kier molecular flexibility index (Phi) is 6.15. The van der Waals surface area contributed by atoms with Crippen molar-refractivity contribution in [2.75, 3.05) is 0 Å². The molecule has 0 bridgehead atoms. The van der Waals surface area contributed by atoms with E-state index >= 15 is 0 Å². The molecule has 2 heteroatoms. The van der Waals surface area contributed by atoms with Crippen molar-refractivity contribution >= 4 is 6.71 Å². The van der Waals surface area contributed by atoms with Crippen molar-refractivity contribution in [3.63, 3.8) is 0 Å². The molecule has 0 aliphatic rings. The Morgan fingerprint density at radius 2 is 0.643 bits per heavy atom. The fourth-order valence-electron chi connectivity index (χ4n) is 3.90. The summed E-state index contributed by atoms with van der Waals surface area (Å²) in [5.41, 5.74) is 0. The molecule has 0 rings (SSSR count). The first-order chi connectivity index (χ1) is 5.37. The van der Waals surface area contributed by atoms with E-state index in [1.807, 2.05) is 0 Å². The van der Waals surface area contributed by atoms with Gasteiger partial charge in [0, 0.05) is 0 Å². The molecule has 0 aliphatic heterocycles. The first-order valence-electron chi connectivity index (χ1n) is 5.37. The van der Waals surface area contributed by atoms with Crippen molar-refractivity contribution in [2.45, 2.75) is 78.3 Å². The van der Waals surface area contributed by atoms with Gasteiger partial charge in [-0.3, -0.25) is 0 Å². The van der Waals surface area contributed by atoms with Gasteiger partial charge in [0.1, 0.15) is 0 Å². The minimum Gasteiger partial charge on any atom is -0.193 e. The zero-order valence-corrected chi connectivity index (χ0v) is 14.1. The average molecular weight is 205 g/mol. The van der Waals surface area contributed by atoms with E-state index in [1.165, 1.54) is 0 Å². The van der Waals surface area contributed by atoms with E-state index in [4.69, 9.17) is 0 Å². The van der Waals surface area contributed by atoms with E-state index in [1.54, 1.807) is 0 Å². The maximum Gasteiger partial charge on any atom is 1.00 e. The Morgan fingerprint density at radius 1 is 0.500 bits per heavy atom. The van der Waals surface area contributed by atoms with E-state index < -0.39 is 0 Å². The van der Waals surface area contributed by atoms with Crippen LogP contribution in [0.5, 0.6) is 0 Å². The van der Waals surface area contributed by atoms with Gasteiger partial charge in [-0.05, 0) is 0 Å². The second-order valence-corrected chi connectivity index (χ2v) is 7.53. The van der Waals surface area contributed by atoms with Crippen LogP contribution in [0.1, 0.15) is 62.3 Å². The summed E-state index contributed by atoms with van der Waals surface area (Å²) in [6.07, 6.45) is 0. The van der Waals surface area contributed by atoms with Gasteiger partial charge in [-0.15, -0.1) is 6.71 Å². The molecule has 0 aliphatic carbocycles. The van der Waals surface area contributed by atoms with Crippen LogP contribution in [-0.4, -0.2) is 6.71 Å². The summed E-state index contributed by atoms with van der Waals surface area (Å²) in [5, 5.41) is 1.16. The van der Waals surface area contributed by atoms with Crippen molar-refractivity contribution < 1.29 is 29.6 Å². The minimum atomic E-state index is 0. The second-order valence-electron chi connectivity index (χ2n) is 7.53. The van der Waals surface area contributed by atoms with Gasteiger partial charge in [-0.1, -0.05) is 62.3 Å². The zero-order chi connectivity index (χ0) is 11.1. The van der Waals surface area contributed by atoms with Crippen molar-refractivity contribution in [2.24, 2.45) is 0 Å². The largest absolute Gasteiger partial charge is 1.00 e. The summed E-state index contributed by atoms with van der Waals surface area (Å²) in [7, 11) is 0. The van der Waals surface area contributed by atoms with Crippen molar-refractivity contribution in [3.8, 4) is 0 Å². The number of rotatable bonds is 0. The standard InChI is InChI=1S/C12H27B.Na/c1-10(2,3)13(11(4,5)6)12(7,8)9;/h1-9H3;/q-1;+1. The third kappa shape index (κ3) is 5.23. The molecule has 0 aromatic carbocycles. The van der Waals surface area contributed by atoms with Gasteiger partial charge < -0.3 is 0 Å². The van der Waals surface area contributed by atoms with E-state index in [9.17, 15) is 0 Å². The Labute approximate surface area is 114 Å². The van der Waals surface area contributed by atoms with Gasteiger partial charge in [0.25, 0.3) is 0 Å². The fraction of sp³-hybridized carbons (Fsp3) is 1.00. The van der Waals surface area contributed by atoms with Crippen LogP contribution in [0.15, 0.2) is 0 Å². The topological polar surface area (TPSA) is 0 Å². The van der Waals surface area contributed by atoms with Gasteiger partial charge in [-0.2, -0.15) is 15.9 Å². The van der Waals surface area contributed by atoms with Gasteiger partial charge >= 0.3 is 29.6 Å². The predicted molar refractivity (Wildman–Crippen MR) is 64.9 cm³/mol. The molecular weight excluding hydrogens is 178 g/mol. The number of hydrogen-bond acceptors (Lipinski definition) is 0. The molecule has 0 aromatic heterocycles. The molecule has 0 atom stereocenters. The maximum atomic E-state index is 2.36. The first kappa shape index (κ1) is 17.5. The molecule has 0 saturated heterocycles. The van der Waals surface area contributed by atoms with E-state index in [-0.39, 0.29) is 29.6 Å². The maximum absolute atomic E-state index is 2.36. The van der Waals surface area contributed by atoms with Crippen LogP contribution in [0.2, 0.25) is 15.9 Å². The molecule has 0 saturated carbocycles. The summed E-state index contributed by atoms with van der Waals surface area (Å²) < 4.78 is 0. The van der Waals surface area contributed by atoms with Crippen LogP contribution >= 0.6 is 0 Å². The third-order valence-electron chi connectivity index (χ3n) is 2.60. The quantitative estimate of drug-likeness (QED) is 0.530. The van der Waals surface area contributed by atoms with Crippen LogP contribution in [0.4, 0.5) is 0 Å². The molecule has 0 spiro atoms. The van der Waals surface area contributed by atoms with Crippen molar-refractivity contribution in [3.05, 3.63) is 0 Å². The predicted octanol–water partition coefficient (Wildman–Crippen LogP) is 1.89. The monoisotopic (exact) mass is 205 g/mol. The normalized spacial score (nSPS) is 14.1. The second kappa shape index (κ2) is 4.93. The molecule has 0 amide bonds. The van der Waals surface area contributed by atoms with Gasteiger partial charge in [0.2, 0.25) is 0 Å². The molecule has 0 nitrogen and oxygen atoms in total. The third-order valence-corrected chi connectivity index (χ3v) is 2.60. The molecule has 1 radical (unpaired) electrons. The molecule has 0 unspecified atom stereocenters. The van der Waals surface area contributed by atoms with Crippen molar-refractivity contribution in [1.29, 1.82) is 0 Å². The Bertz CT molecular complexity index is 133. The van der Waals surface area contributed by atoms with Crippen molar-refractivity contribution in [1.82, 2.24) is 0 Å². The van der Waals surface area contributed by atoms with Crippen LogP contribution < -0.4 is 29.6 Å². The fourth-order valence-corrected chi connectivity index (χ4v) is 3.90. The van der Waals surface area contributed by atoms with Crippen LogP contribution in [0.25, 0.3) is 0 Å². The number of hydrogen-bond donors (Lipinski definition) is 0. The van der Waals surface area contributed by atoms with Crippen LogP contribution in [-0.2, 0) is 0 Å². The SMILES string of the molecule is CC(C)(C)[B-](C(C)(C)C)C(C)(C)C.[Na+]. The minimum absolute atomic E-state index is 0. The molecule has 0 fully saturated rings. The van der Waals surface area contributed by atoms with Gasteiger partial charge in [0.05, 0.1) is 0 Å². The summed E-state index contributed by atoms with van der Waals surface area (Å²) in [6, 6.07) is 0. The Morgan fingerprint density at radius 3 is 0.643 bits per heavy atom. The van der Waals surface area contributed by atoms with E-state index in [0.29, 0.717) is 15.9 Å². The summed E-state index contributed by atoms with van der Waals surface area (Å²) in [6.45, 7) is 21.9. The van der Waals surface area contributed by atoms with E-state index in [2.05, 4.69) is 62.3 Å². The smallest absolute Gasteiger partial charge is 0.193 e.